The first-order chi connectivity index (χ1) is 6.76. The van der Waals surface area contributed by atoms with Crippen molar-refractivity contribution in [3.05, 3.63) is 18.2 Å². The summed E-state index contributed by atoms with van der Waals surface area (Å²) in [6.45, 7) is 2.16. The van der Waals surface area contributed by atoms with E-state index in [2.05, 4.69) is 15.7 Å². The van der Waals surface area contributed by atoms with Crippen LogP contribution in [0.5, 0.6) is 0 Å². The molecule has 0 aromatic carbocycles. The molecular weight excluding hydrogens is 180 g/mol. The number of pyridine rings is 1. The van der Waals surface area contributed by atoms with Gasteiger partial charge >= 0.3 is 0 Å². The van der Waals surface area contributed by atoms with Crippen LogP contribution in [0.3, 0.4) is 0 Å². The predicted octanol–water partition coefficient (Wildman–Crippen LogP) is 0.550. The second kappa shape index (κ2) is 5.41. The van der Waals surface area contributed by atoms with E-state index in [9.17, 15) is 0 Å². The normalized spacial score (nSPS) is 12.2. The summed E-state index contributed by atoms with van der Waals surface area (Å²) in [5, 5.41) is 11.9. The lowest BCUT2D eigenvalue weighted by Crippen LogP contribution is -2.18. The standard InChI is InChI=1S/C9H16N4O/c1-7(5-6-14)11-8-3-2-4-9(12-8)13-10/h2-4,7,14H,5-6,10H2,1H3,(H2,11,12,13). The monoisotopic (exact) mass is 196 g/mol. The Labute approximate surface area is 83.3 Å². The molecular formula is C9H16N4O. The predicted molar refractivity (Wildman–Crippen MR) is 56.8 cm³/mol. The fourth-order valence-electron chi connectivity index (χ4n) is 1.11. The second-order valence-corrected chi connectivity index (χ2v) is 3.11. The van der Waals surface area contributed by atoms with Gasteiger partial charge in [-0.15, -0.1) is 0 Å². The second-order valence-electron chi connectivity index (χ2n) is 3.11. The van der Waals surface area contributed by atoms with Crippen molar-refractivity contribution in [3.63, 3.8) is 0 Å². The van der Waals surface area contributed by atoms with Crippen LogP contribution in [-0.4, -0.2) is 22.7 Å². The van der Waals surface area contributed by atoms with Crippen molar-refractivity contribution >= 4 is 11.6 Å². The van der Waals surface area contributed by atoms with Gasteiger partial charge in [0.2, 0.25) is 0 Å². The lowest BCUT2D eigenvalue weighted by atomic mass is 10.2. The van der Waals surface area contributed by atoms with Crippen LogP contribution in [0.2, 0.25) is 0 Å². The topological polar surface area (TPSA) is 83.2 Å². The van der Waals surface area contributed by atoms with Crippen LogP contribution in [0.15, 0.2) is 18.2 Å². The Morgan fingerprint density at radius 1 is 1.50 bits per heavy atom. The number of anilines is 2. The summed E-state index contributed by atoms with van der Waals surface area (Å²) in [4.78, 5) is 4.18. The number of nitrogens with zero attached hydrogens (tertiary/aromatic N) is 1. The smallest absolute Gasteiger partial charge is 0.142 e. The number of aliphatic hydroxyl groups is 1. The Morgan fingerprint density at radius 3 is 2.86 bits per heavy atom. The number of hydrazine groups is 1. The third-order valence-electron chi connectivity index (χ3n) is 1.85. The molecule has 0 fully saturated rings. The van der Waals surface area contributed by atoms with E-state index in [1.807, 2.05) is 19.1 Å². The number of nitrogens with one attached hydrogen (secondary N) is 2. The van der Waals surface area contributed by atoms with Gasteiger partial charge < -0.3 is 15.8 Å². The molecule has 1 aromatic rings. The molecule has 14 heavy (non-hydrogen) atoms. The molecule has 1 aromatic heterocycles. The van der Waals surface area contributed by atoms with Crippen LogP contribution in [0.25, 0.3) is 0 Å². The van der Waals surface area contributed by atoms with Gasteiger partial charge in [-0.05, 0) is 25.5 Å². The maximum Gasteiger partial charge on any atom is 0.142 e. The van der Waals surface area contributed by atoms with Crippen molar-refractivity contribution in [2.75, 3.05) is 17.3 Å². The van der Waals surface area contributed by atoms with Crippen LogP contribution in [0, 0.1) is 0 Å². The molecule has 5 N–H and O–H groups in total. The van der Waals surface area contributed by atoms with Crippen LogP contribution in [-0.2, 0) is 0 Å². The lowest BCUT2D eigenvalue weighted by molar-refractivity contribution is 0.282. The highest BCUT2D eigenvalue weighted by Gasteiger charge is 2.01. The van der Waals surface area contributed by atoms with Gasteiger partial charge in [-0.2, -0.15) is 0 Å². The van der Waals surface area contributed by atoms with Crippen LogP contribution >= 0.6 is 0 Å². The van der Waals surface area contributed by atoms with Crippen LogP contribution in [0.4, 0.5) is 11.6 Å². The molecule has 1 rings (SSSR count). The molecule has 0 aliphatic rings. The third kappa shape index (κ3) is 3.20. The number of hydrogen-bond donors (Lipinski definition) is 4. The summed E-state index contributed by atoms with van der Waals surface area (Å²) in [5.74, 6) is 6.60. The van der Waals surface area contributed by atoms with Crippen LogP contribution in [0.1, 0.15) is 13.3 Å². The highest BCUT2D eigenvalue weighted by molar-refractivity contribution is 5.44. The molecule has 0 saturated heterocycles. The minimum atomic E-state index is 0.170. The third-order valence-corrected chi connectivity index (χ3v) is 1.85. The van der Waals surface area contributed by atoms with Crippen molar-refractivity contribution in [1.82, 2.24) is 4.98 Å². The Kier molecular flexibility index (Phi) is 4.15. The molecule has 0 radical (unpaired) electrons. The number of aromatic nitrogens is 1. The first-order valence-electron chi connectivity index (χ1n) is 4.57. The number of hydrogen-bond acceptors (Lipinski definition) is 5. The first kappa shape index (κ1) is 10.7. The molecule has 5 heteroatoms. The molecule has 0 saturated carbocycles. The van der Waals surface area contributed by atoms with Gasteiger partial charge in [0.05, 0.1) is 0 Å². The maximum absolute atomic E-state index is 8.72. The van der Waals surface area contributed by atoms with Gasteiger partial charge in [0, 0.05) is 12.6 Å². The number of nitrogen functional groups attached to an aromatic ring is 1. The summed E-state index contributed by atoms with van der Waals surface area (Å²) in [6.07, 6.45) is 0.696. The highest BCUT2D eigenvalue weighted by atomic mass is 16.3. The molecule has 1 heterocycles. The first-order valence-corrected chi connectivity index (χ1v) is 4.57. The van der Waals surface area contributed by atoms with E-state index in [0.29, 0.717) is 12.2 Å². The number of rotatable bonds is 5. The molecule has 0 amide bonds. The van der Waals surface area contributed by atoms with Crippen molar-refractivity contribution < 1.29 is 5.11 Å². The van der Waals surface area contributed by atoms with Crippen molar-refractivity contribution in [2.24, 2.45) is 5.84 Å². The Morgan fingerprint density at radius 2 is 2.21 bits per heavy atom. The number of nitrogens with two attached hydrogens (primary N) is 1. The fourth-order valence-corrected chi connectivity index (χ4v) is 1.11. The van der Waals surface area contributed by atoms with E-state index in [1.165, 1.54) is 0 Å². The van der Waals surface area contributed by atoms with E-state index in [4.69, 9.17) is 10.9 Å². The van der Waals surface area contributed by atoms with E-state index >= 15 is 0 Å². The summed E-state index contributed by atoms with van der Waals surface area (Å²) in [7, 11) is 0. The highest BCUT2D eigenvalue weighted by Crippen LogP contribution is 2.09. The Balaban J connectivity index is 2.57. The number of aliphatic hydroxyl groups excluding tert-OH is 1. The summed E-state index contributed by atoms with van der Waals surface area (Å²) in [6, 6.07) is 5.69. The van der Waals surface area contributed by atoms with E-state index in [1.54, 1.807) is 6.07 Å². The van der Waals surface area contributed by atoms with Crippen molar-refractivity contribution in [2.45, 2.75) is 19.4 Å². The van der Waals surface area contributed by atoms with Gasteiger partial charge in [0.25, 0.3) is 0 Å². The molecule has 78 valence electrons. The van der Waals surface area contributed by atoms with Gasteiger partial charge in [0.15, 0.2) is 0 Å². The average molecular weight is 196 g/mol. The minimum Gasteiger partial charge on any atom is -0.396 e. The lowest BCUT2D eigenvalue weighted by Gasteiger charge is -2.13. The molecule has 5 nitrogen and oxygen atoms in total. The Hall–Kier alpha value is -1.33. The fraction of sp³-hybridized carbons (Fsp3) is 0.444. The van der Waals surface area contributed by atoms with E-state index in [0.717, 1.165) is 5.82 Å². The SMILES string of the molecule is CC(CCO)Nc1cccc(NN)n1. The van der Waals surface area contributed by atoms with Gasteiger partial charge in [-0.1, -0.05) is 6.07 Å². The van der Waals surface area contributed by atoms with Crippen LogP contribution < -0.4 is 16.6 Å². The van der Waals surface area contributed by atoms with Gasteiger partial charge in [0.1, 0.15) is 11.6 Å². The summed E-state index contributed by atoms with van der Waals surface area (Å²) in [5.41, 5.74) is 2.47. The van der Waals surface area contributed by atoms with Gasteiger partial charge in [-0.3, -0.25) is 0 Å². The zero-order chi connectivity index (χ0) is 10.4. The van der Waals surface area contributed by atoms with Gasteiger partial charge in [-0.25, -0.2) is 10.8 Å². The quantitative estimate of drug-likeness (QED) is 0.408. The molecule has 1 atom stereocenters. The average Bonchev–Trinajstić information content (AvgIpc) is 2.18. The maximum atomic E-state index is 8.72. The summed E-state index contributed by atoms with van der Waals surface area (Å²) < 4.78 is 0. The van der Waals surface area contributed by atoms with Crippen molar-refractivity contribution in [1.29, 1.82) is 0 Å². The molecule has 1 unspecified atom stereocenters. The zero-order valence-corrected chi connectivity index (χ0v) is 8.20. The molecule has 0 bridgehead atoms. The molecule has 0 aliphatic heterocycles. The zero-order valence-electron chi connectivity index (χ0n) is 8.20. The van der Waals surface area contributed by atoms with E-state index < -0.39 is 0 Å². The van der Waals surface area contributed by atoms with E-state index in [-0.39, 0.29) is 12.6 Å². The summed E-state index contributed by atoms with van der Waals surface area (Å²) >= 11 is 0. The molecule has 0 aliphatic carbocycles. The minimum absolute atomic E-state index is 0.170. The Bertz CT molecular complexity index is 279. The largest absolute Gasteiger partial charge is 0.396 e. The van der Waals surface area contributed by atoms with Crippen molar-refractivity contribution in [3.8, 4) is 0 Å². The molecule has 0 spiro atoms.